The zero-order valence-electron chi connectivity index (χ0n) is 12.1. The lowest BCUT2D eigenvalue weighted by molar-refractivity contribution is -0.140. The normalized spacial score (nSPS) is 25.5. The first kappa shape index (κ1) is 16.2. The summed E-state index contributed by atoms with van der Waals surface area (Å²) in [4.78, 5) is 24.9. The fourth-order valence-electron chi connectivity index (χ4n) is 2.84. The molecule has 21 heavy (non-hydrogen) atoms. The van der Waals surface area contributed by atoms with Gasteiger partial charge in [0.2, 0.25) is 5.91 Å². The summed E-state index contributed by atoms with van der Waals surface area (Å²) in [5, 5.41) is 11.9. The van der Waals surface area contributed by atoms with Crippen molar-refractivity contribution < 1.29 is 23.1 Å². The lowest BCUT2D eigenvalue weighted by Gasteiger charge is -2.27. The minimum absolute atomic E-state index is 0.0115. The van der Waals surface area contributed by atoms with Crippen molar-refractivity contribution in [1.29, 1.82) is 0 Å². The second-order valence-electron chi connectivity index (χ2n) is 5.77. The highest BCUT2D eigenvalue weighted by molar-refractivity contribution is 7.91. The molecule has 2 fully saturated rings. The molecule has 2 N–H and O–H groups in total. The molecule has 2 atom stereocenters. The van der Waals surface area contributed by atoms with E-state index in [1.54, 1.807) is 11.8 Å². The molecule has 1 aliphatic carbocycles. The van der Waals surface area contributed by atoms with Gasteiger partial charge in [-0.15, -0.1) is 0 Å². The van der Waals surface area contributed by atoms with Gasteiger partial charge in [0.1, 0.15) is 6.04 Å². The van der Waals surface area contributed by atoms with Gasteiger partial charge < -0.3 is 10.0 Å². The average Bonchev–Trinajstić information content (AvgIpc) is 3.15. The lowest BCUT2D eigenvalue weighted by Crippen LogP contribution is -2.49. The van der Waals surface area contributed by atoms with Crippen molar-refractivity contribution in [2.24, 2.45) is 5.92 Å². The van der Waals surface area contributed by atoms with Crippen molar-refractivity contribution in [2.45, 2.75) is 38.3 Å². The van der Waals surface area contributed by atoms with Crippen LogP contribution in [0.1, 0.15) is 26.2 Å². The van der Waals surface area contributed by atoms with Gasteiger partial charge in [0, 0.05) is 12.6 Å². The molecule has 1 saturated heterocycles. The number of carboxylic acids is 1. The van der Waals surface area contributed by atoms with Crippen LogP contribution in [-0.2, 0) is 19.4 Å². The van der Waals surface area contributed by atoms with Crippen molar-refractivity contribution in [3.63, 3.8) is 0 Å². The molecule has 1 saturated carbocycles. The number of rotatable bonds is 7. The van der Waals surface area contributed by atoms with Gasteiger partial charge in [-0.2, -0.15) is 0 Å². The van der Waals surface area contributed by atoms with Crippen LogP contribution >= 0.6 is 0 Å². The van der Waals surface area contributed by atoms with Gasteiger partial charge in [-0.1, -0.05) is 0 Å². The van der Waals surface area contributed by atoms with E-state index in [1.807, 2.05) is 0 Å². The summed E-state index contributed by atoms with van der Waals surface area (Å²) in [7, 11) is -3.04. The Bertz CT molecular complexity index is 515. The Morgan fingerprint density at radius 2 is 2.00 bits per heavy atom. The minimum atomic E-state index is -3.04. The number of sulfone groups is 1. The van der Waals surface area contributed by atoms with E-state index in [1.165, 1.54) is 0 Å². The van der Waals surface area contributed by atoms with Gasteiger partial charge in [-0.3, -0.25) is 14.9 Å². The average molecular weight is 318 g/mol. The molecule has 0 bridgehead atoms. The Kier molecular flexibility index (Phi) is 4.88. The van der Waals surface area contributed by atoms with Gasteiger partial charge in [-0.25, -0.2) is 8.42 Å². The van der Waals surface area contributed by atoms with Crippen molar-refractivity contribution in [2.75, 3.05) is 24.6 Å². The van der Waals surface area contributed by atoms with Crippen LogP contribution < -0.4 is 5.32 Å². The molecule has 1 amide bonds. The lowest BCUT2D eigenvalue weighted by atomic mass is 10.2. The summed E-state index contributed by atoms with van der Waals surface area (Å²) >= 11 is 0. The maximum atomic E-state index is 12.2. The van der Waals surface area contributed by atoms with Gasteiger partial charge in [0.15, 0.2) is 9.84 Å². The van der Waals surface area contributed by atoms with Crippen molar-refractivity contribution in [3.8, 4) is 0 Å². The molecule has 0 radical (unpaired) electrons. The third kappa shape index (κ3) is 4.16. The Hall–Kier alpha value is -1.15. The first-order valence-electron chi connectivity index (χ1n) is 7.30. The number of nitrogens with one attached hydrogen (secondary N) is 1. The number of aliphatic carboxylic acids is 1. The van der Waals surface area contributed by atoms with Crippen molar-refractivity contribution >= 4 is 21.7 Å². The molecule has 0 aromatic carbocycles. The van der Waals surface area contributed by atoms with Crippen LogP contribution in [0.15, 0.2) is 0 Å². The molecule has 0 spiro atoms. The number of hydrogen-bond donors (Lipinski definition) is 2. The zero-order chi connectivity index (χ0) is 15.6. The van der Waals surface area contributed by atoms with Gasteiger partial charge in [0.25, 0.3) is 0 Å². The largest absolute Gasteiger partial charge is 0.480 e. The Labute approximate surface area is 124 Å². The van der Waals surface area contributed by atoms with Crippen LogP contribution in [-0.4, -0.2) is 67.0 Å². The Morgan fingerprint density at radius 1 is 1.33 bits per heavy atom. The van der Waals surface area contributed by atoms with E-state index in [4.69, 9.17) is 5.11 Å². The molecule has 7 nitrogen and oxygen atoms in total. The van der Waals surface area contributed by atoms with E-state index >= 15 is 0 Å². The van der Waals surface area contributed by atoms with Crippen LogP contribution in [0.4, 0.5) is 0 Å². The zero-order valence-corrected chi connectivity index (χ0v) is 12.9. The number of hydrogen-bond acceptors (Lipinski definition) is 5. The number of carboxylic acid groups (broad SMARTS) is 1. The summed E-state index contributed by atoms with van der Waals surface area (Å²) in [5.74, 6) is -0.924. The van der Waals surface area contributed by atoms with Gasteiger partial charge in [-0.05, 0) is 32.1 Å². The Morgan fingerprint density at radius 3 is 2.43 bits per heavy atom. The van der Waals surface area contributed by atoms with Gasteiger partial charge >= 0.3 is 5.97 Å². The number of carbonyl (C=O) groups excluding carboxylic acids is 1. The monoisotopic (exact) mass is 318 g/mol. The quantitative estimate of drug-likeness (QED) is 0.654. The number of nitrogens with zero attached hydrogens (tertiary/aromatic N) is 1. The summed E-state index contributed by atoms with van der Waals surface area (Å²) in [6, 6.07) is -0.960. The highest BCUT2D eigenvalue weighted by Crippen LogP contribution is 2.32. The van der Waals surface area contributed by atoms with Crippen LogP contribution in [0.5, 0.6) is 0 Å². The minimum Gasteiger partial charge on any atom is -0.480 e. The molecule has 2 aliphatic rings. The first-order valence-corrected chi connectivity index (χ1v) is 9.12. The first-order chi connectivity index (χ1) is 9.84. The summed E-state index contributed by atoms with van der Waals surface area (Å²) in [6.45, 7) is 2.18. The molecule has 8 heteroatoms. The molecule has 2 rings (SSSR count). The summed E-state index contributed by atoms with van der Waals surface area (Å²) in [6.07, 6.45) is 2.21. The Balaban J connectivity index is 1.89. The molecule has 2 unspecified atom stereocenters. The second kappa shape index (κ2) is 6.31. The smallest absolute Gasteiger partial charge is 0.320 e. The van der Waals surface area contributed by atoms with E-state index in [2.05, 4.69) is 5.32 Å². The van der Waals surface area contributed by atoms with E-state index < -0.39 is 21.8 Å². The fraction of sp³-hybridized carbons (Fsp3) is 0.846. The molecule has 120 valence electrons. The van der Waals surface area contributed by atoms with E-state index in [9.17, 15) is 18.0 Å². The molecule has 0 aromatic rings. The second-order valence-corrected chi connectivity index (χ2v) is 8.00. The van der Waals surface area contributed by atoms with Crippen LogP contribution in [0.2, 0.25) is 0 Å². The number of amides is 1. The van der Waals surface area contributed by atoms with Crippen LogP contribution in [0.25, 0.3) is 0 Å². The van der Waals surface area contributed by atoms with E-state index in [0.29, 0.717) is 13.0 Å². The predicted octanol–water partition coefficient (Wildman–Crippen LogP) is -0.525. The third-order valence-corrected chi connectivity index (χ3v) is 5.89. The number of likely N-dealkylation sites (N-methyl/N-ethyl adjacent to an activating group) is 1. The topological polar surface area (TPSA) is 104 Å². The maximum absolute atomic E-state index is 12.2. The molecular formula is C13H22N2O5S. The van der Waals surface area contributed by atoms with Crippen molar-refractivity contribution in [3.05, 3.63) is 0 Å². The van der Waals surface area contributed by atoms with Crippen molar-refractivity contribution in [1.82, 2.24) is 10.2 Å². The maximum Gasteiger partial charge on any atom is 0.320 e. The van der Waals surface area contributed by atoms with Gasteiger partial charge in [0.05, 0.1) is 18.1 Å². The predicted molar refractivity (Wildman–Crippen MR) is 76.6 cm³/mol. The molecular weight excluding hydrogens is 296 g/mol. The summed E-state index contributed by atoms with van der Waals surface area (Å²) < 4.78 is 23.0. The summed E-state index contributed by atoms with van der Waals surface area (Å²) in [5.41, 5.74) is 0. The van der Waals surface area contributed by atoms with Crippen LogP contribution in [0.3, 0.4) is 0 Å². The third-order valence-electron chi connectivity index (χ3n) is 4.14. The van der Waals surface area contributed by atoms with E-state index in [0.717, 1.165) is 12.8 Å². The number of carbonyl (C=O) groups is 2. The standard InChI is InChI=1S/C13H22N2O5S/c1-2-15(10-5-6-21(19,20)8-10)11(16)7-14-12(13(17)18)9-3-4-9/h9-10,12,14H,2-8H2,1H3,(H,17,18). The SMILES string of the molecule is CCN(C(=O)CNC(C(=O)O)C1CC1)C1CCS(=O)(=O)C1. The molecule has 0 aromatic heterocycles. The van der Waals surface area contributed by atoms with E-state index in [-0.39, 0.29) is 35.9 Å². The molecule has 1 aliphatic heterocycles. The highest BCUT2D eigenvalue weighted by atomic mass is 32.2. The highest BCUT2D eigenvalue weighted by Gasteiger charge is 2.37. The fourth-order valence-corrected chi connectivity index (χ4v) is 4.57. The molecule has 1 heterocycles. The van der Waals surface area contributed by atoms with Crippen LogP contribution in [0, 0.1) is 5.92 Å².